The van der Waals surface area contributed by atoms with Gasteiger partial charge in [-0.2, -0.15) is 0 Å². The number of fused-ring (bicyclic) bond motifs is 1. The average molecular weight is 306 g/mol. The first-order valence-electron chi connectivity index (χ1n) is 6.95. The van der Waals surface area contributed by atoms with Gasteiger partial charge in [0.1, 0.15) is 5.82 Å². The molecule has 0 aliphatic carbocycles. The number of aliphatic hydroxyl groups is 1. The molecule has 0 saturated carbocycles. The predicted octanol–water partition coefficient (Wildman–Crippen LogP) is 1.83. The number of nitrogens with zero attached hydrogens (tertiary/aromatic N) is 2. The molecule has 1 aromatic carbocycles. The zero-order valence-electron chi connectivity index (χ0n) is 12.9. The molecule has 2 aromatic rings. The van der Waals surface area contributed by atoms with Crippen molar-refractivity contribution in [2.24, 2.45) is 0 Å². The van der Waals surface area contributed by atoms with Gasteiger partial charge in [0.2, 0.25) is 0 Å². The quantitative estimate of drug-likeness (QED) is 0.854. The van der Waals surface area contributed by atoms with Crippen molar-refractivity contribution in [1.29, 1.82) is 0 Å². The highest BCUT2D eigenvalue weighted by atomic mass is 19.1. The summed E-state index contributed by atoms with van der Waals surface area (Å²) in [6, 6.07) is 4.35. The van der Waals surface area contributed by atoms with Gasteiger partial charge in [-0.15, -0.1) is 0 Å². The number of anilines is 1. The first kappa shape index (κ1) is 16.2. The predicted molar refractivity (Wildman–Crippen MR) is 82.5 cm³/mol. The maximum atomic E-state index is 13.6. The number of hydrogen-bond acceptors (Lipinski definition) is 5. The number of aryl methyl sites for hydroxylation is 1. The molecule has 2 rings (SSSR count). The fourth-order valence-electron chi connectivity index (χ4n) is 2.50. The number of aromatic nitrogens is 1. The highest BCUT2D eigenvalue weighted by Crippen LogP contribution is 2.32. The molecule has 22 heavy (non-hydrogen) atoms. The van der Waals surface area contributed by atoms with Crippen LogP contribution in [0.2, 0.25) is 0 Å². The van der Waals surface area contributed by atoms with Crippen LogP contribution >= 0.6 is 0 Å². The summed E-state index contributed by atoms with van der Waals surface area (Å²) in [6.07, 6.45) is 0.0485. The number of esters is 1. The minimum atomic E-state index is -0.390. The first-order valence-corrected chi connectivity index (χ1v) is 6.95. The number of carbonyl (C=O) groups excluding carboxylic acids is 1. The number of methoxy groups -OCH3 is 1. The Morgan fingerprint density at radius 3 is 2.82 bits per heavy atom. The number of aliphatic hydroxyl groups excluding tert-OH is 1. The summed E-state index contributed by atoms with van der Waals surface area (Å²) in [4.78, 5) is 17.9. The number of rotatable bonds is 5. The third kappa shape index (κ3) is 3.17. The molecule has 0 aliphatic heterocycles. The third-order valence-electron chi connectivity index (χ3n) is 3.59. The van der Waals surface area contributed by atoms with Crippen LogP contribution in [0, 0.1) is 12.7 Å². The number of likely N-dealkylation sites (N-methyl/N-ethyl adjacent to an activating group) is 1. The van der Waals surface area contributed by atoms with Gasteiger partial charge in [0.15, 0.2) is 0 Å². The number of benzene rings is 1. The van der Waals surface area contributed by atoms with E-state index in [4.69, 9.17) is 4.74 Å². The van der Waals surface area contributed by atoms with E-state index in [1.165, 1.54) is 19.2 Å². The zero-order chi connectivity index (χ0) is 16.3. The van der Waals surface area contributed by atoms with E-state index in [1.54, 1.807) is 24.9 Å². The molecule has 0 atom stereocenters. The highest BCUT2D eigenvalue weighted by Gasteiger charge is 2.19. The van der Waals surface area contributed by atoms with Crippen molar-refractivity contribution in [3.8, 4) is 0 Å². The lowest BCUT2D eigenvalue weighted by atomic mass is 10.0. The van der Waals surface area contributed by atoms with Crippen molar-refractivity contribution in [1.82, 2.24) is 4.98 Å². The summed E-state index contributed by atoms with van der Waals surface area (Å²) in [7, 11) is 3.11. The molecule has 0 bridgehead atoms. The molecule has 0 radical (unpaired) electrons. The second-order valence-corrected chi connectivity index (χ2v) is 5.08. The van der Waals surface area contributed by atoms with Gasteiger partial charge in [0.05, 0.1) is 31.3 Å². The fraction of sp³-hybridized carbons (Fsp3) is 0.375. The Morgan fingerprint density at radius 1 is 1.45 bits per heavy atom. The van der Waals surface area contributed by atoms with Gasteiger partial charge in [-0.25, -0.2) is 4.39 Å². The van der Waals surface area contributed by atoms with E-state index >= 15 is 0 Å². The number of halogens is 1. The Morgan fingerprint density at radius 2 is 2.18 bits per heavy atom. The largest absolute Gasteiger partial charge is 0.469 e. The van der Waals surface area contributed by atoms with E-state index in [0.29, 0.717) is 34.4 Å². The normalized spacial score (nSPS) is 10.8. The Balaban J connectivity index is 2.71. The van der Waals surface area contributed by atoms with Gasteiger partial charge >= 0.3 is 5.97 Å². The van der Waals surface area contributed by atoms with Crippen LogP contribution in [0.4, 0.5) is 10.1 Å². The van der Waals surface area contributed by atoms with Crippen LogP contribution in [-0.2, 0) is 16.0 Å². The lowest BCUT2D eigenvalue weighted by molar-refractivity contribution is -0.139. The molecule has 0 saturated heterocycles. The van der Waals surface area contributed by atoms with E-state index in [0.717, 1.165) is 0 Å². The van der Waals surface area contributed by atoms with Crippen LogP contribution in [0.1, 0.15) is 11.3 Å². The summed E-state index contributed by atoms with van der Waals surface area (Å²) < 4.78 is 18.4. The number of ether oxygens (including phenoxy) is 1. The summed E-state index contributed by atoms with van der Waals surface area (Å²) in [6.45, 7) is 2.12. The van der Waals surface area contributed by atoms with Crippen molar-refractivity contribution in [2.45, 2.75) is 13.3 Å². The third-order valence-corrected chi connectivity index (χ3v) is 3.59. The van der Waals surface area contributed by atoms with Crippen molar-refractivity contribution < 1.29 is 19.0 Å². The van der Waals surface area contributed by atoms with Crippen molar-refractivity contribution in [3.63, 3.8) is 0 Å². The van der Waals surface area contributed by atoms with Crippen LogP contribution in [-0.4, -0.2) is 43.4 Å². The molecular weight excluding hydrogens is 287 g/mol. The van der Waals surface area contributed by atoms with E-state index in [1.807, 2.05) is 0 Å². The lowest BCUT2D eigenvalue weighted by Gasteiger charge is -2.24. The minimum Gasteiger partial charge on any atom is -0.469 e. The Labute approximate surface area is 128 Å². The summed E-state index contributed by atoms with van der Waals surface area (Å²) in [5.74, 6) is -0.764. The monoisotopic (exact) mass is 306 g/mol. The minimum absolute atomic E-state index is 0.0485. The lowest BCUT2D eigenvalue weighted by Crippen LogP contribution is -2.24. The fourth-order valence-corrected chi connectivity index (χ4v) is 2.50. The molecule has 0 fully saturated rings. The van der Waals surface area contributed by atoms with Gasteiger partial charge in [-0.05, 0) is 25.1 Å². The van der Waals surface area contributed by atoms with Crippen LogP contribution in [0.25, 0.3) is 10.9 Å². The smallest absolute Gasteiger partial charge is 0.310 e. The molecule has 0 unspecified atom stereocenters. The summed E-state index contributed by atoms with van der Waals surface area (Å²) in [5.41, 5.74) is 2.71. The van der Waals surface area contributed by atoms with Gasteiger partial charge in [0, 0.05) is 30.2 Å². The van der Waals surface area contributed by atoms with Crippen molar-refractivity contribution in [3.05, 3.63) is 35.3 Å². The van der Waals surface area contributed by atoms with Gasteiger partial charge in [0.25, 0.3) is 0 Å². The molecule has 0 aliphatic rings. The maximum absolute atomic E-state index is 13.6. The van der Waals surface area contributed by atoms with E-state index < -0.39 is 0 Å². The topological polar surface area (TPSA) is 62.7 Å². The van der Waals surface area contributed by atoms with Crippen molar-refractivity contribution in [2.75, 3.05) is 32.2 Å². The average Bonchev–Trinajstić information content (AvgIpc) is 2.48. The Hall–Kier alpha value is -2.21. The number of pyridine rings is 1. The molecule has 1 aromatic heterocycles. The summed E-state index contributed by atoms with van der Waals surface area (Å²) >= 11 is 0. The van der Waals surface area contributed by atoms with Crippen LogP contribution in [0.5, 0.6) is 0 Å². The number of hydrogen-bond donors (Lipinski definition) is 1. The SMILES string of the molecule is COC(=O)Cc1c(C)nc2ccc(F)cc2c1N(C)CCO. The number of carbonyl (C=O) groups is 1. The van der Waals surface area contributed by atoms with Crippen molar-refractivity contribution >= 4 is 22.6 Å². The van der Waals surface area contributed by atoms with Gasteiger partial charge in [-0.3, -0.25) is 9.78 Å². The molecule has 1 N–H and O–H groups in total. The highest BCUT2D eigenvalue weighted by molar-refractivity contribution is 5.95. The summed E-state index contributed by atoms with van der Waals surface area (Å²) in [5, 5.41) is 9.80. The van der Waals surface area contributed by atoms with E-state index in [9.17, 15) is 14.3 Å². The second-order valence-electron chi connectivity index (χ2n) is 5.08. The molecule has 0 spiro atoms. The standard InChI is InChI=1S/C16H19FN2O3/c1-10-12(9-15(21)22-3)16(19(2)6-7-20)13-8-11(17)4-5-14(13)18-10/h4-5,8,20H,6-7,9H2,1-3H3. The molecule has 118 valence electrons. The Bertz CT molecular complexity index is 703. The Kier molecular flexibility index (Phi) is 4.92. The molecular formula is C16H19FN2O3. The van der Waals surface area contributed by atoms with Crippen LogP contribution < -0.4 is 4.90 Å². The molecule has 5 nitrogen and oxygen atoms in total. The molecule has 0 amide bonds. The van der Waals surface area contributed by atoms with E-state index in [-0.39, 0.29) is 24.8 Å². The molecule has 6 heteroatoms. The van der Waals surface area contributed by atoms with Gasteiger partial charge in [-0.1, -0.05) is 0 Å². The van der Waals surface area contributed by atoms with Crippen LogP contribution in [0.3, 0.4) is 0 Å². The first-order chi connectivity index (χ1) is 10.5. The second kappa shape index (κ2) is 6.70. The molecule has 1 heterocycles. The zero-order valence-corrected chi connectivity index (χ0v) is 12.9. The van der Waals surface area contributed by atoms with E-state index in [2.05, 4.69) is 4.98 Å². The van der Waals surface area contributed by atoms with Gasteiger partial charge < -0.3 is 14.7 Å². The maximum Gasteiger partial charge on any atom is 0.310 e. The van der Waals surface area contributed by atoms with Crippen LogP contribution in [0.15, 0.2) is 18.2 Å².